The van der Waals surface area contributed by atoms with Crippen LogP contribution < -0.4 is 0 Å². The van der Waals surface area contributed by atoms with Crippen LogP contribution in [0.2, 0.25) is 0 Å². The summed E-state index contributed by atoms with van der Waals surface area (Å²) in [7, 11) is 1.51. The minimum absolute atomic E-state index is 0.0673. The molecule has 0 radical (unpaired) electrons. The van der Waals surface area contributed by atoms with Crippen LogP contribution in [0.3, 0.4) is 0 Å². The monoisotopic (exact) mass is 406 g/mol. The van der Waals surface area contributed by atoms with E-state index in [0.29, 0.717) is 17.0 Å². The minimum atomic E-state index is -0.701. The number of ketones is 1. The number of carbonyl (C=O) groups is 2. The zero-order chi connectivity index (χ0) is 22.0. The lowest BCUT2D eigenvalue weighted by molar-refractivity contribution is -0.384. The molecule has 0 fully saturated rings. The van der Waals surface area contributed by atoms with Crippen molar-refractivity contribution in [3.8, 4) is 5.69 Å². The number of amides is 1. The first-order valence-electron chi connectivity index (χ1n) is 9.39. The van der Waals surface area contributed by atoms with Crippen molar-refractivity contribution < 1.29 is 14.5 Å². The molecule has 154 valence electrons. The van der Waals surface area contributed by atoms with Gasteiger partial charge in [0.15, 0.2) is 0 Å². The highest BCUT2D eigenvalue weighted by Gasteiger charge is 2.30. The Bertz CT molecular complexity index is 1120. The van der Waals surface area contributed by atoms with Crippen molar-refractivity contribution in [1.82, 2.24) is 14.7 Å². The van der Waals surface area contributed by atoms with Gasteiger partial charge in [0.1, 0.15) is 0 Å². The first kappa shape index (κ1) is 20.9. The number of non-ortho nitro benzene ring substituents is 1. The molecule has 0 aliphatic carbocycles. The van der Waals surface area contributed by atoms with Gasteiger partial charge in [-0.25, -0.2) is 4.68 Å². The van der Waals surface area contributed by atoms with Crippen LogP contribution in [-0.2, 0) is 4.79 Å². The number of nitro benzene ring substituents is 1. The molecule has 8 heteroatoms. The van der Waals surface area contributed by atoms with E-state index >= 15 is 0 Å². The van der Waals surface area contributed by atoms with Crippen molar-refractivity contribution in [2.45, 2.75) is 26.8 Å². The van der Waals surface area contributed by atoms with Crippen molar-refractivity contribution in [2.75, 3.05) is 7.05 Å². The van der Waals surface area contributed by atoms with Gasteiger partial charge >= 0.3 is 0 Å². The van der Waals surface area contributed by atoms with E-state index in [9.17, 15) is 19.7 Å². The molecule has 3 rings (SSSR count). The van der Waals surface area contributed by atoms with Crippen LogP contribution in [0.25, 0.3) is 5.69 Å². The first-order chi connectivity index (χ1) is 14.2. The SMILES string of the molecule is Cc1nn(-c2ccccc2)c(C)c1C(=O)C(=O)N(C)[C@@H](C)c1cccc([N+](=O)[O-])c1. The summed E-state index contributed by atoms with van der Waals surface area (Å²) in [5.41, 5.74) is 2.60. The molecule has 0 saturated carbocycles. The van der Waals surface area contributed by atoms with Crippen LogP contribution in [-0.4, -0.2) is 38.3 Å². The van der Waals surface area contributed by atoms with Gasteiger partial charge in [0, 0.05) is 19.2 Å². The molecule has 0 spiro atoms. The average molecular weight is 406 g/mol. The molecule has 0 bridgehead atoms. The Hall–Kier alpha value is -3.81. The number of nitrogens with zero attached hydrogens (tertiary/aromatic N) is 4. The predicted molar refractivity (Wildman–Crippen MR) is 112 cm³/mol. The van der Waals surface area contributed by atoms with Crippen molar-refractivity contribution in [3.63, 3.8) is 0 Å². The van der Waals surface area contributed by atoms with Crippen LogP contribution in [0.15, 0.2) is 54.6 Å². The molecule has 0 unspecified atom stereocenters. The number of hydrogen-bond donors (Lipinski definition) is 0. The molecule has 8 nitrogen and oxygen atoms in total. The number of Topliss-reactive ketones (excluding diaryl/α,β-unsaturated/α-hetero) is 1. The normalized spacial score (nSPS) is 11.7. The van der Waals surface area contributed by atoms with E-state index in [1.807, 2.05) is 30.3 Å². The summed E-state index contributed by atoms with van der Waals surface area (Å²) in [5, 5.41) is 15.5. The maximum absolute atomic E-state index is 13.0. The molecule has 1 amide bonds. The highest BCUT2D eigenvalue weighted by atomic mass is 16.6. The van der Waals surface area contributed by atoms with E-state index in [-0.39, 0.29) is 11.3 Å². The summed E-state index contributed by atoms with van der Waals surface area (Å²) in [4.78, 5) is 37.8. The van der Waals surface area contributed by atoms with Crippen LogP contribution in [0.1, 0.15) is 40.3 Å². The molecule has 1 heterocycles. The molecule has 0 aliphatic rings. The largest absolute Gasteiger partial charge is 0.332 e. The topological polar surface area (TPSA) is 98.3 Å². The third-order valence-electron chi connectivity index (χ3n) is 5.18. The van der Waals surface area contributed by atoms with Gasteiger partial charge in [0.05, 0.1) is 33.6 Å². The first-order valence-corrected chi connectivity index (χ1v) is 9.39. The summed E-state index contributed by atoms with van der Waals surface area (Å²) in [5.74, 6) is -1.36. The number of benzene rings is 2. The Kier molecular flexibility index (Phi) is 5.77. The summed E-state index contributed by atoms with van der Waals surface area (Å²) in [6, 6.07) is 14.9. The van der Waals surface area contributed by atoms with Gasteiger partial charge in [0.25, 0.3) is 17.4 Å². The van der Waals surface area contributed by atoms with Crippen molar-refractivity contribution >= 4 is 17.4 Å². The quantitative estimate of drug-likeness (QED) is 0.268. The Morgan fingerprint density at radius 1 is 1.10 bits per heavy atom. The Labute approximate surface area is 173 Å². The van der Waals surface area contributed by atoms with Crippen LogP contribution in [0.4, 0.5) is 5.69 Å². The number of hydrogen-bond acceptors (Lipinski definition) is 5. The zero-order valence-corrected chi connectivity index (χ0v) is 17.2. The highest BCUT2D eigenvalue weighted by molar-refractivity contribution is 6.43. The Morgan fingerprint density at radius 3 is 2.40 bits per heavy atom. The van der Waals surface area contributed by atoms with Crippen LogP contribution in [0.5, 0.6) is 0 Å². The Balaban J connectivity index is 1.89. The van der Waals surface area contributed by atoms with E-state index in [4.69, 9.17) is 0 Å². The highest BCUT2D eigenvalue weighted by Crippen LogP contribution is 2.25. The standard InChI is InChI=1S/C22H22N4O4/c1-14-20(16(3)25(23-14)18-10-6-5-7-11-18)21(27)22(28)24(4)15(2)17-9-8-12-19(13-17)26(29)30/h5-13,15H,1-4H3/t15-/m0/s1. The number of aryl methyl sites for hydroxylation is 1. The second-order valence-corrected chi connectivity index (χ2v) is 7.07. The number of nitro groups is 1. The number of para-hydroxylation sites is 1. The molecule has 30 heavy (non-hydrogen) atoms. The fourth-order valence-corrected chi connectivity index (χ4v) is 3.36. The predicted octanol–water partition coefficient (Wildman–Crippen LogP) is 3.80. The van der Waals surface area contributed by atoms with Gasteiger partial charge in [-0.15, -0.1) is 0 Å². The second kappa shape index (κ2) is 8.28. The average Bonchev–Trinajstić information content (AvgIpc) is 3.06. The maximum Gasteiger partial charge on any atom is 0.295 e. The number of rotatable bonds is 6. The number of carbonyl (C=O) groups excluding carboxylic acids is 2. The van der Waals surface area contributed by atoms with E-state index in [1.165, 1.54) is 24.1 Å². The molecule has 0 aliphatic heterocycles. The molecule has 1 aromatic heterocycles. The second-order valence-electron chi connectivity index (χ2n) is 7.07. The molecule has 2 aromatic carbocycles. The summed E-state index contributed by atoms with van der Waals surface area (Å²) in [6.07, 6.45) is 0. The molecule has 0 saturated heterocycles. The lowest BCUT2D eigenvalue weighted by Crippen LogP contribution is -2.35. The van der Waals surface area contributed by atoms with Crippen molar-refractivity contribution in [1.29, 1.82) is 0 Å². The van der Waals surface area contributed by atoms with Crippen molar-refractivity contribution in [3.05, 3.63) is 87.2 Å². The van der Waals surface area contributed by atoms with E-state index in [1.54, 1.807) is 37.6 Å². The van der Waals surface area contributed by atoms with Crippen molar-refractivity contribution in [2.24, 2.45) is 0 Å². The van der Waals surface area contributed by atoms with Gasteiger partial charge in [-0.3, -0.25) is 19.7 Å². The zero-order valence-electron chi connectivity index (χ0n) is 17.2. The van der Waals surface area contributed by atoms with Gasteiger partial charge < -0.3 is 4.90 Å². The van der Waals surface area contributed by atoms with E-state index in [2.05, 4.69) is 5.10 Å². The fraction of sp³-hybridized carbons (Fsp3) is 0.227. The smallest absolute Gasteiger partial charge is 0.295 e. The maximum atomic E-state index is 13.0. The summed E-state index contributed by atoms with van der Waals surface area (Å²) < 4.78 is 1.64. The molecular weight excluding hydrogens is 384 g/mol. The molecule has 1 atom stereocenters. The molecular formula is C22H22N4O4. The van der Waals surface area contributed by atoms with Gasteiger partial charge in [-0.2, -0.15) is 5.10 Å². The summed E-state index contributed by atoms with van der Waals surface area (Å²) >= 11 is 0. The van der Waals surface area contributed by atoms with Gasteiger partial charge in [-0.05, 0) is 38.5 Å². The lowest BCUT2D eigenvalue weighted by atomic mass is 10.0. The third kappa shape index (κ3) is 3.84. The van der Waals surface area contributed by atoms with E-state index < -0.39 is 22.7 Å². The molecule has 0 N–H and O–H groups in total. The third-order valence-corrected chi connectivity index (χ3v) is 5.18. The molecule has 3 aromatic rings. The van der Waals surface area contributed by atoms with Gasteiger partial charge in [-0.1, -0.05) is 30.3 Å². The lowest BCUT2D eigenvalue weighted by Gasteiger charge is -2.24. The Morgan fingerprint density at radius 2 is 1.77 bits per heavy atom. The van der Waals surface area contributed by atoms with E-state index in [0.717, 1.165) is 5.69 Å². The van der Waals surface area contributed by atoms with Crippen LogP contribution in [0, 0.1) is 24.0 Å². The number of aromatic nitrogens is 2. The minimum Gasteiger partial charge on any atom is -0.332 e. The van der Waals surface area contributed by atoms with Crippen LogP contribution >= 0.6 is 0 Å². The number of likely N-dealkylation sites (N-methyl/N-ethyl adjacent to an activating group) is 1. The van der Waals surface area contributed by atoms with Gasteiger partial charge in [0.2, 0.25) is 0 Å². The summed E-state index contributed by atoms with van der Waals surface area (Å²) in [6.45, 7) is 5.16. The fourth-order valence-electron chi connectivity index (χ4n) is 3.36.